The second kappa shape index (κ2) is 5.84. The number of carbonyl (C=O) groups excluding carboxylic acids is 2. The molecule has 4 heteroatoms. The predicted molar refractivity (Wildman–Crippen MR) is 77.3 cm³/mol. The van der Waals surface area contributed by atoms with Crippen molar-refractivity contribution in [2.45, 2.75) is 52.5 Å². The Morgan fingerprint density at radius 1 is 1.45 bits per heavy atom. The molecule has 0 aromatic heterocycles. The third-order valence-corrected chi connectivity index (χ3v) is 5.36. The molecule has 0 N–H and O–H groups in total. The molecule has 1 aliphatic carbocycles. The molecule has 0 radical (unpaired) electrons. The summed E-state index contributed by atoms with van der Waals surface area (Å²) < 4.78 is 5.24. The summed E-state index contributed by atoms with van der Waals surface area (Å²) in [5.74, 6) is 0.660. The molecule has 4 nitrogen and oxygen atoms in total. The summed E-state index contributed by atoms with van der Waals surface area (Å²) >= 11 is 0. The Hall–Kier alpha value is -0.900. The number of amides is 1. The standard InChI is InChI=1S/C16H27NO3/c1-11-9-16(3,12(2)8-14(11)18)15(19)17-7-5-6-13(17)10-20-4/h11-13H,5-10H2,1-4H3/t11-,12+,13-,16-/m0/s1. The average Bonchev–Trinajstić information content (AvgIpc) is 2.84. The van der Waals surface area contributed by atoms with Crippen LogP contribution in [-0.2, 0) is 14.3 Å². The van der Waals surface area contributed by atoms with E-state index in [4.69, 9.17) is 4.74 Å². The number of hydrogen-bond acceptors (Lipinski definition) is 3. The van der Waals surface area contributed by atoms with E-state index in [-0.39, 0.29) is 23.8 Å². The van der Waals surface area contributed by atoms with E-state index in [0.29, 0.717) is 25.2 Å². The van der Waals surface area contributed by atoms with Gasteiger partial charge in [-0.15, -0.1) is 0 Å². The number of methoxy groups -OCH3 is 1. The summed E-state index contributed by atoms with van der Waals surface area (Å²) in [7, 11) is 1.69. The normalized spacial score (nSPS) is 38.3. The van der Waals surface area contributed by atoms with Crippen LogP contribution in [0.5, 0.6) is 0 Å². The van der Waals surface area contributed by atoms with E-state index < -0.39 is 5.41 Å². The lowest BCUT2D eigenvalue weighted by atomic mass is 9.63. The van der Waals surface area contributed by atoms with E-state index in [9.17, 15) is 9.59 Å². The highest BCUT2D eigenvalue weighted by molar-refractivity contribution is 5.89. The average molecular weight is 281 g/mol. The molecule has 114 valence electrons. The third-order valence-electron chi connectivity index (χ3n) is 5.36. The van der Waals surface area contributed by atoms with Crippen molar-refractivity contribution in [3.05, 3.63) is 0 Å². The van der Waals surface area contributed by atoms with Crippen LogP contribution in [-0.4, -0.2) is 42.9 Å². The van der Waals surface area contributed by atoms with Crippen LogP contribution >= 0.6 is 0 Å². The van der Waals surface area contributed by atoms with E-state index in [1.807, 2.05) is 25.7 Å². The zero-order valence-corrected chi connectivity index (χ0v) is 13.1. The Kier molecular flexibility index (Phi) is 4.52. The first-order chi connectivity index (χ1) is 9.40. The SMILES string of the molecule is COC[C@@H]1CCCN1C(=O)[C@@]1(C)C[C@H](C)C(=O)C[C@H]1C. The van der Waals surface area contributed by atoms with E-state index in [0.717, 1.165) is 19.4 Å². The van der Waals surface area contributed by atoms with Crippen molar-refractivity contribution in [2.24, 2.45) is 17.3 Å². The summed E-state index contributed by atoms with van der Waals surface area (Å²) in [4.78, 5) is 26.9. The second-order valence-corrected chi connectivity index (χ2v) is 6.84. The number of ketones is 1. The molecule has 1 heterocycles. The molecule has 1 amide bonds. The maximum Gasteiger partial charge on any atom is 0.229 e. The molecular formula is C16H27NO3. The molecule has 2 rings (SSSR count). The Morgan fingerprint density at radius 3 is 2.80 bits per heavy atom. The minimum atomic E-state index is -0.399. The van der Waals surface area contributed by atoms with Gasteiger partial charge in [-0.25, -0.2) is 0 Å². The molecule has 0 aromatic rings. The monoisotopic (exact) mass is 281 g/mol. The number of likely N-dealkylation sites (tertiary alicyclic amines) is 1. The van der Waals surface area contributed by atoms with Gasteiger partial charge in [-0.05, 0) is 25.2 Å². The molecule has 0 unspecified atom stereocenters. The number of rotatable bonds is 3. The van der Waals surface area contributed by atoms with Gasteiger partial charge < -0.3 is 9.64 Å². The highest BCUT2D eigenvalue weighted by atomic mass is 16.5. The summed E-state index contributed by atoms with van der Waals surface area (Å²) in [5.41, 5.74) is -0.399. The van der Waals surface area contributed by atoms with Crippen molar-refractivity contribution in [2.75, 3.05) is 20.3 Å². The van der Waals surface area contributed by atoms with Gasteiger partial charge in [0, 0.05) is 26.0 Å². The van der Waals surface area contributed by atoms with Crippen molar-refractivity contribution in [3.63, 3.8) is 0 Å². The zero-order valence-electron chi connectivity index (χ0n) is 13.1. The fraction of sp³-hybridized carbons (Fsp3) is 0.875. The van der Waals surface area contributed by atoms with Gasteiger partial charge in [0.15, 0.2) is 0 Å². The number of hydrogen-bond donors (Lipinski definition) is 0. The van der Waals surface area contributed by atoms with Crippen molar-refractivity contribution in [3.8, 4) is 0 Å². The highest BCUT2D eigenvalue weighted by Gasteiger charge is 2.48. The lowest BCUT2D eigenvalue weighted by Gasteiger charge is -2.43. The fourth-order valence-electron chi connectivity index (χ4n) is 3.77. The predicted octanol–water partition coefficient (Wildman–Crippen LogP) is 2.27. The molecule has 1 saturated carbocycles. The number of nitrogens with zero attached hydrogens (tertiary/aromatic N) is 1. The maximum atomic E-state index is 13.0. The second-order valence-electron chi connectivity index (χ2n) is 6.84. The van der Waals surface area contributed by atoms with Gasteiger partial charge in [0.05, 0.1) is 18.1 Å². The van der Waals surface area contributed by atoms with Gasteiger partial charge in [-0.2, -0.15) is 0 Å². The van der Waals surface area contributed by atoms with Crippen molar-refractivity contribution in [1.82, 2.24) is 4.90 Å². The largest absolute Gasteiger partial charge is 0.383 e. The van der Waals surface area contributed by atoms with Gasteiger partial charge in [-0.3, -0.25) is 9.59 Å². The highest BCUT2D eigenvalue weighted by Crippen LogP contribution is 2.44. The van der Waals surface area contributed by atoms with E-state index >= 15 is 0 Å². The number of carbonyl (C=O) groups is 2. The smallest absolute Gasteiger partial charge is 0.229 e. The molecule has 20 heavy (non-hydrogen) atoms. The molecule has 0 bridgehead atoms. The fourth-order valence-corrected chi connectivity index (χ4v) is 3.77. The van der Waals surface area contributed by atoms with Crippen LogP contribution < -0.4 is 0 Å². The van der Waals surface area contributed by atoms with Crippen LogP contribution in [0.2, 0.25) is 0 Å². The van der Waals surface area contributed by atoms with Gasteiger partial charge in [0.2, 0.25) is 5.91 Å². The van der Waals surface area contributed by atoms with Crippen LogP contribution in [0.4, 0.5) is 0 Å². The first-order valence-electron chi connectivity index (χ1n) is 7.73. The maximum absolute atomic E-state index is 13.0. The van der Waals surface area contributed by atoms with Crippen LogP contribution in [0.3, 0.4) is 0 Å². The van der Waals surface area contributed by atoms with E-state index in [2.05, 4.69) is 0 Å². The van der Waals surface area contributed by atoms with Gasteiger partial charge in [-0.1, -0.05) is 20.8 Å². The molecule has 0 spiro atoms. The van der Waals surface area contributed by atoms with Crippen LogP contribution in [0.1, 0.15) is 46.5 Å². The van der Waals surface area contributed by atoms with E-state index in [1.54, 1.807) is 7.11 Å². The summed E-state index contributed by atoms with van der Waals surface area (Å²) in [5, 5.41) is 0. The Morgan fingerprint density at radius 2 is 2.15 bits per heavy atom. The van der Waals surface area contributed by atoms with Crippen molar-refractivity contribution >= 4 is 11.7 Å². The van der Waals surface area contributed by atoms with Gasteiger partial charge in [0.25, 0.3) is 0 Å². The minimum Gasteiger partial charge on any atom is -0.383 e. The molecule has 1 saturated heterocycles. The van der Waals surface area contributed by atoms with Gasteiger partial charge in [0.1, 0.15) is 5.78 Å². The first kappa shape index (κ1) is 15.5. The van der Waals surface area contributed by atoms with Crippen molar-refractivity contribution in [1.29, 1.82) is 0 Å². The summed E-state index contributed by atoms with van der Waals surface area (Å²) in [6.45, 7) is 7.49. The van der Waals surface area contributed by atoms with Crippen LogP contribution in [0.15, 0.2) is 0 Å². The summed E-state index contributed by atoms with van der Waals surface area (Å²) in [6.07, 6.45) is 3.30. The first-order valence-corrected chi connectivity index (χ1v) is 7.73. The molecule has 1 aliphatic heterocycles. The van der Waals surface area contributed by atoms with E-state index in [1.165, 1.54) is 0 Å². The molecule has 2 aliphatic rings. The number of Topliss-reactive ketones (excluding diaryl/α,β-unsaturated/α-hetero) is 1. The molecule has 4 atom stereocenters. The zero-order chi connectivity index (χ0) is 14.9. The van der Waals surface area contributed by atoms with Crippen LogP contribution in [0.25, 0.3) is 0 Å². The third kappa shape index (κ3) is 2.62. The van der Waals surface area contributed by atoms with Crippen molar-refractivity contribution < 1.29 is 14.3 Å². The Labute approximate surface area is 121 Å². The van der Waals surface area contributed by atoms with Crippen LogP contribution in [0, 0.1) is 17.3 Å². The quantitative estimate of drug-likeness (QED) is 0.797. The Bertz CT molecular complexity index is 395. The Balaban J connectivity index is 2.16. The topological polar surface area (TPSA) is 46.6 Å². The lowest BCUT2D eigenvalue weighted by molar-refractivity contribution is -0.151. The minimum absolute atomic E-state index is 0.00336. The molecule has 2 fully saturated rings. The molecule has 0 aromatic carbocycles. The summed E-state index contributed by atoms with van der Waals surface area (Å²) in [6, 6.07) is 0.212. The van der Waals surface area contributed by atoms with Gasteiger partial charge >= 0.3 is 0 Å². The lowest BCUT2D eigenvalue weighted by Crippen LogP contribution is -2.52. The molecular weight excluding hydrogens is 254 g/mol. The number of ether oxygens (including phenoxy) is 1.